The zero-order valence-corrected chi connectivity index (χ0v) is 13.8. The van der Waals surface area contributed by atoms with Crippen LogP contribution in [0.1, 0.15) is 38.5 Å². The van der Waals surface area contributed by atoms with Crippen LogP contribution in [-0.2, 0) is 4.79 Å². The number of nitrogens with one attached hydrogen (secondary N) is 2. The van der Waals surface area contributed by atoms with Crippen molar-refractivity contribution in [1.82, 2.24) is 10.6 Å². The number of rotatable bonds is 7. The molecule has 2 rings (SSSR count). The number of hydrogen-bond acceptors (Lipinski definition) is 4. The van der Waals surface area contributed by atoms with E-state index in [-0.39, 0.29) is 11.7 Å². The molecule has 0 spiro atoms. The Hall–Kier alpha value is -1.20. The van der Waals surface area contributed by atoms with Gasteiger partial charge in [0.25, 0.3) is 0 Å². The molecule has 1 aromatic rings. The summed E-state index contributed by atoms with van der Waals surface area (Å²) in [4.78, 5) is 12.8. The number of aromatic hydroxyl groups is 1. The van der Waals surface area contributed by atoms with Gasteiger partial charge in [0, 0.05) is 24.0 Å². The number of amides is 1. The SMILES string of the molecule is O=C(CSc1ccc(O)cc1)NCCNC1CCCCCC1. The second-order valence-electron chi connectivity index (χ2n) is 5.78. The van der Waals surface area contributed by atoms with Gasteiger partial charge in [0.2, 0.25) is 5.91 Å². The monoisotopic (exact) mass is 322 g/mol. The number of benzene rings is 1. The first-order valence-corrected chi connectivity index (χ1v) is 9.14. The van der Waals surface area contributed by atoms with Gasteiger partial charge in [-0.3, -0.25) is 4.79 Å². The van der Waals surface area contributed by atoms with E-state index >= 15 is 0 Å². The molecule has 1 amide bonds. The van der Waals surface area contributed by atoms with Gasteiger partial charge in [-0.2, -0.15) is 0 Å². The van der Waals surface area contributed by atoms with Gasteiger partial charge in [0.1, 0.15) is 5.75 Å². The van der Waals surface area contributed by atoms with E-state index in [2.05, 4.69) is 10.6 Å². The van der Waals surface area contributed by atoms with Gasteiger partial charge in [-0.15, -0.1) is 11.8 Å². The van der Waals surface area contributed by atoms with Crippen LogP contribution in [0.25, 0.3) is 0 Å². The minimum absolute atomic E-state index is 0.0562. The number of carbonyl (C=O) groups excluding carboxylic acids is 1. The number of thioether (sulfide) groups is 1. The van der Waals surface area contributed by atoms with E-state index < -0.39 is 0 Å². The minimum atomic E-state index is 0.0562. The molecule has 1 aliphatic carbocycles. The molecule has 0 bridgehead atoms. The summed E-state index contributed by atoms with van der Waals surface area (Å²) >= 11 is 1.48. The van der Waals surface area contributed by atoms with Gasteiger partial charge in [-0.05, 0) is 37.1 Å². The van der Waals surface area contributed by atoms with E-state index in [0.29, 0.717) is 18.3 Å². The molecule has 0 saturated heterocycles. The van der Waals surface area contributed by atoms with Gasteiger partial charge in [-0.25, -0.2) is 0 Å². The molecule has 4 nitrogen and oxygen atoms in total. The lowest BCUT2D eigenvalue weighted by Crippen LogP contribution is -2.37. The first-order valence-electron chi connectivity index (χ1n) is 8.16. The van der Waals surface area contributed by atoms with Crippen LogP contribution in [-0.4, -0.2) is 35.9 Å². The smallest absolute Gasteiger partial charge is 0.230 e. The predicted molar refractivity (Wildman–Crippen MR) is 91.3 cm³/mol. The Morgan fingerprint density at radius 2 is 1.77 bits per heavy atom. The first-order chi connectivity index (χ1) is 10.7. The molecular formula is C17H26N2O2S. The molecule has 0 heterocycles. The predicted octanol–water partition coefficient (Wildman–Crippen LogP) is 2.91. The lowest BCUT2D eigenvalue weighted by molar-refractivity contribution is -0.118. The van der Waals surface area contributed by atoms with Gasteiger partial charge in [0.15, 0.2) is 0 Å². The Labute approximate surface area is 137 Å². The number of carbonyl (C=O) groups is 1. The molecule has 0 radical (unpaired) electrons. The van der Waals surface area contributed by atoms with Crippen LogP contribution >= 0.6 is 11.8 Å². The molecule has 0 atom stereocenters. The van der Waals surface area contributed by atoms with E-state index in [1.807, 2.05) is 12.1 Å². The molecule has 0 aliphatic heterocycles. The Kier molecular flexibility index (Phi) is 7.60. The molecule has 5 heteroatoms. The van der Waals surface area contributed by atoms with Crippen LogP contribution in [0, 0.1) is 0 Å². The van der Waals surface area contributed by atoms with E-state index in [9.17, 15) is 9.90 Å². The van der Waals surface area contributed by atoms with Crippen molar-refractivity contribution in [3.05, 3.63) is 24.3 Å². The maximum atomic E-state index is 11.8. The Bertz CT molecular complexity index is 442. The van der Waals surface area contributed by atoms with Crippen molar-refractivity contribution in [2.75, 3.05) is 18.8 Å². The normalized spacial score (nSPS) is 16.2. The highest BCUT2D eigenvalue weighted by Crippen LogP contribution is 2.20. The molecule has 122 valence electrons. The zero-order valence-electron chi connectivity index (χ0n) is 13.0. The fourth-order valence-electron chi connectivity index (χ4n) is 2.70. The van der Waals surface area contributed by atoms with Crippen LogP contribution in [0.3, 0.4) is 0 Å². The van der Waals surface area contributed by atoms with Gasteiger partial charge in [0.05, 0.1) is 5.75 Å². The van der Waals surface area contributed by atoms with E-state index in [0.717, 1.165) is 11.4 Å². The summed E-state index contributed by atoms with van der Waals surface area (Å²) in [6.07, 6.45) is 7.92. The van der Waals surface area contributed by atoms with Crippen molar-refractivity contribution >= 4 is 17.7 Å². The van der Waals surface area contributed by atoms with E-state index in [4.69, 9.17) is 0 Å². The second kappa shape index (κ2) is 9.74. The third-order valence-electron chi connectivity index (χ3n) is 3.94. The molecule has 1 aromatic carbocycles. The van der Waals surface area contributed by atoms with Crippen LogP contribution in [0.15, 0.2) is 29.2 Å². The minimum Gasteiger partial charge on any atom is -0.508 e. The fraction of sp³-hybridized carbons (Fsp3) is 0.588. The van der Waals surface area contributed by atoms with Gasteiger partial charge >= 0.3 is 0 Å². The average molecular weight is 322 g/mol. The highest BCUT2D eigenvalue weighted by Gasteiger charge is 2.11. The average Bonchev–Trinajstić information content (AvgIpc) is 2.80. The summed E-state index contributed by atoms with van der Waals surface area (Å²) in [5.41, 5.74) is 0. The third-order valence-corrected chi connectivity index (χ3v) is 4.95. The highest BCUT2D eigenvalue weighted by atomic mass is 32.2. The third kappa shape index (κ3) is 6.71. The summed E-state index contributed by atoms with van der Waals surface area (Å²) in [5, 5.41) is 15.7. The van der Waals surface area contributed by atoms with E-state index in [1.165, 1.54) is 50.3 Å². The quantitative estimate of drug-likeness (QED) is 0.410. The summed E-state index contributed by atoms with van der Waals surface area (Å²) in [6.45, 7) is 1.53. The maximum absolute atomic E-state index is 11.8. The van der Waals surface area contributed by atoms with Crippen LogP contribution < -0.4 is 10.6 Å². The number of phenolic OH excluding ortho intramolecular Hbond substituents is 1. The number of hydrogen-bond donors (Lipinski definition) is 3. The lowest BCUT2D eigenvalue weighted by Gasteiger charge is -2.16. The Balaban J connectivity index is 1.54. The van der Waals surface area contributed by atoms with Crippen molar-refractivity contribution < 1.29 is 9.90 Å². The number of phenols is 1. The maximum Gasteiger partial charge on any atom is 0.230 e. The molecule has 3 N–H and O–H groups in total. The molecule has 22 heavy (non-hydrogen) atoms. The van der Waals surface area contributed by atoms with Gasteiger partial charge in [-0.1, -0.05) is 25.7 Å². The first kappa shape index (κ1) is 17.2. The molecule has 0 aromatic heterocycles. The molecular weight excluding hydrogens is 296 g/mol. The standard InChI is InChI=1S/C17H26N2O2S/c20-15-7-9-16(10-8-15)22-13-17(21)19-12-11-18-14-5-3-1-2-4-6-14/h7-10,14,18,20H,1-6,11-13H2,(H,19,21). The largest absolute Gasteiger partial charge is 0.508 e. The summed E-state index contributed by atoms with van der Waals surface area (Å²) in [6, 6.07) is 7.54. The fourth-order valence-corrected chi connectivity index (χ4v) is 3.43. The van der Waals surface area contributed by atoms with E-state index in [1.54, 1.807) is 12.1 Å². The van der Waals surface area contributed by atoms with Crippen LogP contribution in [0.2, 0.25) is 0 Å². The summed E-state index contributed by atoms with van der Waals surface area (Å²) in [5.74, 6) is 0.716. The highest BCUT2D eigenvalue weighted by molar-refractivity contribution is 8.00. The second-order valence-corrected chi connectivity index (χ2v) is 6.82. The Morgan fingerprint density at radius 3 is 2.45 bits per heavy atom. The van der Waals surface area contributed by atoms with Crippen LogP contribution in [0.5, 0.6) is 5.75 Å². The molecule has 1 fully saturated rings. The van der Waals surface area contributed by atoms with Crippen LogP contribution in [0.4, 0.5) is 0 Å². The summed E-state index contributed by atoms with van der Waals surface area (Å²) < 4.78 is 0. The lowest BCUT2D eigenvalue weighted by atomic mass is 10.1. The topological polar surface area (TPSA) is 61.4 Å². The van der Waals surface area contributed by atoms with Gasteiger partial charge < -0.3 is 15.7 Å². The van der Waals surface area contributed by atoms with Crippen molar-refractivity contribution in [2.24, 2.45) is 0 Å². The molecule has 0 unspecified atom stereocenters. The van der Waals surface area contributed by atoms with Crippen molar-refractivity contribution in [1.29, 1.82) is 0 Å². The molecule has 1 saturated carbocycles. The van der Waals surface area contributed by atoms with Crippen molar-refractivity contribution in [3.63, 3.8) is 0 Å². The van der Waals surface area contributed by atoms with Crippen molar-refractivity contribution in [3.8, 4) is 5.75 Å². The van der Waals surface area contributed by atoms with Crippen molar-refractivity contribution in [2.45, 2.75) is 49.5 Å². The Morgan fingerprint density at radius 1 is 1.09 bits per heavy atom. The molecule has 1 aliphatic rings. The summed E-state index contributed by atoms with van der Waals surface area (Å²) in [7, 11) is 0. The zero-order chi connectivity index (χ0) is 15.6.